The number of nitrogens with one attached hydrogen (secondary N) is 3. The zero-order valence-corrected chi connectivity index (χ0v) is 17.8. The monoisotopic (exact) mass is 452 g/mol. The van der Waals surface area contributed by atoms with Crippen LogP contribution < -0.4 is 10.6 Å². The van der Waals surface area contributed by atoms with Crippen LogP contribution in [0.1, 0.15) is 44.5 Å². The Balaban J connectivity index is 1.56. The summed E-state index contributed by atoms with van der Waals surface area (Å²) in [6, 6.07) is 1.92. The second-order valence-corrected chi connectivity index (χ2v) is 8.03. The number of alkyl carbamates (subject to hydrolysis) is 1. The van der Waals surface area contributed by atoms with Crippen molar-refractivity contribution in [2.24, 2.45) is 0 Å². The number of alkyl halides is 3. The number of carbonyl (C=O) groups excluding carboxylic acids is 1. The van der Waals surface area contributed by atoms with E-state index in [1.54, 1.807) is 13.1 Å². The number of nitrogens with zero attached hydrogens (tertiary/aromatic N) is 3. The summed E-state index contributed by atoms with van der Waals surface area (Å²) in [7, 11) is 0. The fourth-order valence-corrected chi connectivity index (χ4v) is 4.47. The van der Waals surface area contributed by atoms with Crippen molar-refractivity contribution in [3.8, 4) is 0 Å². The molecular weight excluding hydrogens is 425 g/mol. The van der Waals surface area contributed by atoms with Crippen molar-refractivity contribution in [3.63, 3.8) is 0 Å². The van der Waals surface area contributed by atoms with Gasteiger partial charge in [0.05, 0.1) is 24.9 Å². The van der Waals surface area contributed by atoms with E-state index >= 15 is 0 Å². The second-order valence-electron chi connectivity index (χ2n) is 8.03. The van der Waals surface area contributed by atoms with Gasteiger partial charge in [0, 0.05) is 36.6 Å². The van der Waals surface area contributed by atoms with Crippen molar-refractivity contribution in [1.82, 2.24) is 30.2 Å². The molecule has 32 heavy (non-hydrogen) atoms. The van der Waals surface area contributed by atoms with E-state index in [4.69, 9.17) is 9.72 Å². The van der Waals surface area contributed by atoms with Gasteiger partial charge in [-0.05, 0) is 38.7 Å². The molecule has 0 atom stereocenters. The lowest BCUT2D eigenvalue weighted by Crippen LogP contribution is -2.39. The molecule has 1 amide bonds. The molecule has 4 rings (SSSR count). The van der Waals surface area contributed by atoms with Gasteiger partial charge in [-0.2, -0.15) is 13.2 Å². The molecule has 3 heterocycles. The van der Waals surface area contributed by atoms with Gasteiger partial charge in [-0.3, -0.25) is 0 Å². The minimum Gasteiger partial charge on any atom is -0.450 e. The predicted octanol–water partition coefficient (Wildman–Crippen LogP) is 3.84. The summed E-state index contributed by atoms with van der Waals surface area (Å²) >= 11 is 0. The number of imidazole rings is 1. The van der Waals surface area contributed by atoms with E-state index in [1.165, 1.54) is 0 Å². The van der Waals surface area contributed by atoms with Gasteiger partial charge >= 0.3 is 12.3 Å². The van der Waals surface area contributed by atoms with E-state index < -0.39 is 18.8 Å². The Morgan fingerprint density at radius 1 is 1.31 bits per heavy atom. The zero-order chi connectivity index (χ0) is 22.7. The highest BCUT2D eigenvalue weighted by atomic mass is 19.4. The molecule has 3 N–H and O–H groups in total. The molecule has 0 saturated heterocycles. The maximum atomic E-state index is 12.6. The standard InChI is InChI=1S/C21H27F3N6O2/c1-2-32-20(31)26-10-8-17-29-16-11-27-19-15(7-9-25-19)18(16)30(17)14-5-3-13(4-6-14)28-12-21(22,23)24/h7,9,11,13-14,28H,2-6,8,10,12H2,1H3,(H,25,27)(H,26,31). The summed E-state index contributed by atoms with van der Waals surface area (Å²) in [6.45, 7) is 1.45. The smallest absolute Gasteiger partial charge is 0.407 e. The van der Waals surface area contributed by atoms with E-state index in [0.717, 1.165) is 40.7 Å². The normalized spacial score (nSPS) is 19.5. The number of hydrogen-bond donors (Lipinski definition) is 3. The molecule has 1 aliphatic rings. The van der Waals surface area contributed by atoms with E-state index in [9.17, 15) is 18.0 Å². The third-order valence-electron chi connectivity index (χ3n) is 5.85. The van der Waals surface area contributed by atoms with Crippen LogP contribution in [0.15, 0.2) is 18.5 Å². The molecule has 0 spiro atoms. The van der Waals surface area contributed by atoms with Crippen LogP contribution in [0.25, 0.3) is 22.1 Å². The molecule has 3 aromatic heterocycles. The quantitative estimate of drug-likeness (QED) is 0.506. The highest BCUT2D eigenvalue weighted by Gasteiger charge is 2.31. The van der Waals surface area contributed by atoms with Gasteiger partial charge in [0.15, 0.2) is 0 Å². The molecule has 0 radical (unpaired) electrons. The molecule has 11 heteroatoms. The first kappa shape index (κ1) is 22.4. The Bertz CT molecular complexity index is 1070. The first-order valence-electron chi connectivity index (χ1n) is 10.9. The molecule has 0 unspecified atom stereocenters. The summed E-state index contributed by atoms with van der Waals surface area (Å²) in [5, 5.41) is 6.32. The van der Waals surface area contributed by atoms with Crippen molar-refractivity contribution in [2.75, 3.05) is 19.7 Å². The zero-order valence-electron chi connectivity index (χ0n) is 17.8. The number of halogens is 3. The molecular formula is C21H27F3N6O2. The fourth-order valence-electron chi connectivity index (χ4n) is 4.47. The average Bonchev–Trinajstić information content (AvgIpc) is 3.36. The number of hydrogen-bond acceptors (Lipinski definition) is 5. The number of carbonyl (C=O) groups is 1. The molecule has 0 bridgehead atoms. The number of amides is 1. The maximum absolute atomic E-state index is 12.6. The Kier molecular flexibility index (Phi) is 6.54. The number of ether oxygens (including phenoxy) is 1. The van der Waals surface area contributed by atoms with Crippen molar-refractivity contribution in [1.29, 1.82) is 0 Å². The van der Waals surface area contributed by atoms with Crippen LogP contribution >= 0.6 is 0 Å². The summed E-state index contributed by atoms with van der Waals surface area (Å²) < 4.78 is 44.8. The van der Waals surface area contributed by atoms with E-state index in [-0.39, 0.29) is 12.1 Å². The van der Waals surface area contributed by atoms with Crippen LogP contribution in [0.2, 0.25) is 0 Å². The Labute approximate surface area is 182 Å². The van der Waals surface area contributed by atoms with E-state index in [2.05, 4.69) is 25.2 Å². The molecule has 1 aliphatic carbocycles. The number of H-pyrrole nitrogens is 1. The summed E-state index contributed by atoms with van der Waals surface area (Å²) in [4.78, 5) is 24.0. The van der Waals surface area contributed by atoms with Gasteiger partial charge in [0.1, 0.15) is 17.0 Å². The SMILES string of the molecule is CCOC(=O)NCCc1nc2cnc3[nH]ccc3c2n1C1CCC(NCC(F)(F)F)CC1. The maximum Gasteiger partial charge on any atom is 0.407 e. The predicted molar refractivity (Wildman–Crippen MR) is 113 cm³/mol. The lowest BCUT2D eigenvalue weighted by atomic mass is 9.90. The number of rotatable bonds is 7. The van der Waals surface area contributed by atoms with Crippen molar-refractivity contribution in [2.45, 2.75) is 57.3 Å². The van der Waals surface area contributed by atoms with Crippen LogP contribution in [-0.4, -0.2) is 57.5 Å². The minimum atomic E-state index is -4.20. The molecule has 8 nitrogen and oxygen atoms in total. The number of aromatic nitrogens is 4. The third kappa shape index (κ3) is 4.98. The Hall–Kier alpha value is -2.82. The molecule has 1 fully saturated rings. The van der Waals surface area contributed by atoms with E-state index in [1.807, 2.05) is 12.3 Å². The molecule has 174 valence electrons. The largest absolute Gasteiger partial charge is 0.450 e. The third-order valence-corrected chi connectivity index (χ3v) is 5.85. The average molecular weight is 452 g/mol. The molecule has 0 aromatic carbocycles. The highest BCUT2D eigenvalue weighted by Crippen LogP contribution is 2.35. The van der Waals surface area contributed by atoms with Crippen LogP contribution in [0.3, 0.4) is 0 Å². The number of aromatic amines is 1. The van der Waals surface area contributed by atoms with E-state index in [0.29, 0.717) is 32.4 Å². The van der Waals surface area contributed by atoms with Gasteiger partial charge in [-0.25, -0.2) is 14.8 Å². The first-order chi connectivity index (χ1) is 15.4. The summed E-state index contributed by atoms with van der Waals surface area (Å²) in [6.07, 6.45) is 2.18. The summed E-state index contributed by atoms with van der Waals surface area (Å²) in [5.74, 6) is 0.819. The Morgan fingerprint density at radius 2 is 2.09 bits per heavy atom. The van der Waals surface area contributed by atoms with Crippen LogP contribution in [0.4, 0.5) is 18.0 Å². The number of fused-ring (bicyclic) bond motifs is 3. The highest BCUT2D eigenvalue weighted by molar-refractivity contribution is 6.01. The number of pyridine rings is 1. The van der Waals surface area contributed by atoms with Gasteiger partial charge in [-0.15, -0.1) is 0 Å². The molecule has 1 saturated carbocycles. The lowest BCUT2D eigenvalue weighted by Gasteiger charge is -2.31. The van der Waals surface area contributed by atoms with Gasteiger partial charge < -0.3 is 24.9 Å². The second kappa shape index (κ2) is 9.35. The molecule has 0 aliphatic heterocycles. The lowest BCUT2D eigenvalue weighted by molar-refractivity contribution is -0.126. The minimum absolute atomic E-state index is 0.113. The van der Waals surface area contributed by atoms with Crippen LogP contribution in [0, 0.1) is 0 Å². The topological polar surface area (TPSA) is 96.9 Å². The van der Waals surface area contributed by atoms with Gasteiger partial charge in [0.25, 0.3) is 0 Å². The van der Waals surface area contributed by atoms with Gasteiger partial charge in [0.2, 0.25) is 0 Å². The fraction of sp³-hybridized carbons (Fsp3) is 0.571. The Morgan fingerprint density at radius 3 is 2.81 bits per heavy atom. The summed E-state index contributed by atoms with van der Waals surface area (Å²) in [5.41, 5.74) is 2.49. The molecule has 3 aromatic rings. The van der Waals surface area contributed by atoms with Crippen molar-refractivity contribution in [3.05, 3.63) is 24.3 Å². The van der Waals surface area contributed by atoms with Crippen LogP contribution in [0.5, 0.6) is 0 Å². The first-order valence-corrected chi connectivity index (χ1v) is 10.9. The van der Waals surface area contributed by atoms with Gasteiger partial charge in [-0.1, -0.05) is 0 Å². The van der Waals surface area contributed by atoms with Crippen molar-refractivity contribution >= 4 is 28.2 Å². The van der Waals surface area contributed by atoms with Crippen LogP contribution in [-0.2, 0) is 11.2 Å². The van der Waals surface area contributed by atoms with Crippen molar-refractivity contribution < 1.29 is 22.7 Å².